The number of aryl methyl sites for hydroxylation is 1. The molecule has 1 aromatic heterocycles. The molecule has 1 aliphatic rings. The average molecular weight is 443 g/mol. The van der Waals surface area contributed by atoms with E-state index in [-0.39, 0.29) is 11.8 Å². The van der Waals surface area contributed by atoms with Crippen molar-refractivity contribution < 1.29 is 13.2 Å². The van der Waals surface area contributed by atoms with Crippen LogP contribution in [0.3, 0.4) is 0 Å². The van der Waals surface area contributed by atoms with Crippen LogP contribution in [0.4, 0.5) is 5.69 Å². The van der Waals surface area contributed by atoms with Crippen molar-refractivity contribution in [2.45, 2.75) is 24.0 Å². The summed E-state index contributed by atoms with van der Waals surface area (Å²) >= 11 is 4.68. The Kier molecular flexibility index (Phi) is 5.62. The number of sulfonamides is 1. The summed E-state index contributed by atoms with van der Waals surface area (Å²) in [6.45, 7) is 2.72. The number of amides is 1. The summed E-state index contributed by atoms with van der Waals surface area (Å²) in [5, 5.41) is 4.69. The third kappa shape index (κ3) is 4.13. The van der Waals surface area contributed by atoms with E-state index in [1.54, 1.807) is 17.5 Å². The first-order valence-corrected chi connectivity index (χ1v) is 11.1. The number of nitrogens with one attached hydrogen (secondary N) is 1. The molecule has 1 amide bonds. The van der Waals surface area contributed by atoms with Crippen LogP contribution in [0.1, 0.15) is 18.4 Å². The van der Waals surface area contributed by atoms with Gasteiger partial charge in [0.15, 0.2) is 0 Å². The number of anilines is 1. The first-order valence-electron chi connectivity index (χ1n) is 7.98. The molecule has 0 radical (unpaired) electrons. The molecule has 0 spiro atoms. The molecule has 1 N–H and O–H groups in total. The fraction of sp³-hybridized carbons (Fsp3) is 0.353. The van der Waals surface area contributed by atoms with E-state index in [1.807, 2.05) is 25.1 Å². The van der Waals surface area contributed by atoms with Crippen LogP contribution < -0.4 is 5.32 Å². The van der Waals surface area contributed by atoms with Crippen molar-refractivity contribution in [3.8, 4) is 0 Å². The number of thiophene rings is 1. The van der Waals surface area contributed by atoms with Gasteiger partial charge in [0, 0.05) is 23.5 Å². The molecule has 2 heterocycles. The van der Waals surface area contributed by atoms with Crippen LogP contribution in [-0.2, 0) is 14.8 Å². The SMILES string of the molecule is Cc1ccc(NC(=O)C2CCN(S(=O)(=O)c3cccs3)CC2)c(Br)c1. The molecule has 1 aromatic carbocycles. The van der Waals surface area contributed by atoms with Crippen molar-refractivity contribution in [2.24, 2.45) is 5.92 Å². The van der Waals surface area contributed by atoms with Gasteiger partial charge >= 0.3 is 0 Å². The van der Waals surface area contributed by atoms with E-state index in [1.165, 1.54) is 15.6 Å². The Hall–Kier alpha value is -1.22. The number of rotatable bonds is 4. The number of nitrogens with zero attached hydrogens (tertiary/aromatic N) is 1. The maximum atomic E-state index is 12.5. The van der Waals surface area contributed by atoms with Crippen LogP contribution in [0.2, 0.25) is 0 Å². The van der Waals surface area contributed by atoms with Crippen LogP contribution in [0.15, 0.2) is 44.4 Å². The molecule has 25 heavy (non-hydrogen) atoms. The van der Waals surface area contributed by atoms with Crippen molar-refractivity contribution in [2.75, 3.05) is 18.4 Å². The summed E-state index contributed by atoms with van der Waals surface area (Å²) in [4.78, 5) is 12.5. The Morgan fingerprint density at radius 1 is 1.28 bits per heavy atom. The summed E-state index contributed by atoms with van der Waals surface area (Å²) in [5.74, 6) is -0.235. The molecule has 3 rings (SSSR count). The lowest BCUT2D eigenvalue weighted by molar-refractivity contribution is -0.120. The Morgan fingerprint density at radius 2 is 2.00 bits per heavy atom. The number of halogens is 1. The molecule has 2 aromatic rings. The molecular formula is C17H19BrN2O3S2. The molecule has 134 valence electrons. The molecule has 0 aliphatic carbocycles. The van der Waals surface area contributed by atoms with Crippen LogP contribution in [0, 0.1) is 12.8 Å². The highest BCUT2D eigenvalue weighted by Crippen LogP contribution is 2.28. The third-order valence-corrected chi connectivity index (χ3v) is 8.22. The fourth-order valence-corrected chi connectivity index (χ4v) is 6.06. The number of hydrogen-bond donors (Lipinski definition) is 1. The predicted molar refractivity (Wildman–Crippen MR) is 103 cm³/mol. The molecular weight excluding hydrogens is 424 g/mol. The van der Waals surface area contributed by atoms with Gasteiger partial charge in [-0.05, 0) is 64.8 Å². The first kappa shape index (κ1) is 18.6. The maximum Gasteiger partial charge on any atom is 0.252 e. The molecule has 1 saturated heterocycles. The molecule has 5 nitrogen and oxygen atoms in total. The highest BCUT2D eigenvalue weighted by atomic mass is 79.9. The molecule has 1 fully saturated rings. The topological polar surface area (TPSA) is 66.5 Å². The van der Waals surface area contributed by atoms with E-state index >= 15 is 0 Å². The van der Waals surface area contributed by atoms with E-state index in [9.17, 15) is 13.2 Å². The zero-order valence-electron chi connectivity index (χ0n) is 13.7. The average Bonchev–Trinajstić information content (AvgIpc) is 3.13. The van der Waals surface area contributed by atoms with Gasteiger partial charge in [0.1, 0.15) is 4.21 Å². The van der Waals surface area contributed by atoms with Gasteiger partial charge in [-0.1, -0.05) is 12.1 Å². The zero-order chi connectivity index (χ0) is 18.0. The van der Waals surface area contributed by atoms with E-state index in [0.717, 1.165) is 15.7 Å². The highest BCUT2D eigenvalue weighted by molar-refractivity contribution is 9.10. The van der Waals surface area contributed by atoms with Crippen LogP contribution in [-0.4, -0.2) is 31.7 Å². The largest absolute Gasteiger partial charge is 0.325 e. The number of carbonyl (C=O) groups excluding carboxylic acids is 1. The summed E-state index contributed by atoms with van der Waals surface area (Å²) in [6, 6.07) is 9.11. The van der Waals surface area contributed by atoms with Gasteiger partial charge in [0.05, 0.1) is 5.69 Å². The predicted octanol–water partition coefficient (Wildman–Crippen LogP) is 3.86. The van der Waals surface area contributed by atoms with Gasteiger partial charge in [0.2, 0.25) is 5.91 Å². The second kappa shape index (κ2) is 7.57. The molecule has 0 saturated carbocycles. The molecule has 0 atom stereocenters. The van der Waals surface area contributed by atoms with Crippen LogP contribution in [0.5, 0.6) is 0 Å². The molecule has 0 unspecified atom stereocenters. The van der Waals surface area contributed by atoms with Crippen molar-refractivity contribution in [1.29, 1.82) is 0 Å². The number of benzene rings is 1. The minimum atomic E-state index is -3.43. The molecule has 8 heteroatoms. The van der Waals surface area contributed by atoms with Crippen molar-refractivity contribution >= 4 is 48.9 Å². The first-order chi connectivity index (χ1) is 11.9. The lowest BCUT2D eigenvalue weighted by atomic mass is 9.97. The Bertz CT molecular complexity index is 858. The van der Waals surface area contributed by atoms with E-state index in [0.29, 0.717) is 30.1 Å². The fourth-order valence-electron chi connectivity index (χ4n) is 2.85. The van der Waals surface area contributed by atoms with Gasteiger partial charge in [-0.2, -0.15) is 4.31 Å². The Labute approximate surface area is 160 Å². The molecule has 1 aliphatic heterocycles. The van der Waals surface area contributed by atoms with Gasteiger partial charge in [-0.3, -0.25) is 4.79 Å². The monoisotopic (exact) mass is 442 g/mol. The van der Waals surface area contributed by atoms with E-state index in [4.69, 9.17) is 0 Å². The van der Waals surface area contributed by atoms with Crippen LogP contribution >= 0.6 is 27.3 Å². The maximum absolute atomic E-state index is 12.5. The van der Waals surface area contributed by atoms with Gasteiger partial charge in [0.25, 0.3) is 10.0 Å². The second-order valence-corrected chi connectivity index (χ2v) is 10.0. The van der Waals surface area contributed by atoms with Crippen molar-refractivity contribution in [3.63, 3.8) is 0 Å². The van der Waals surface area contributed by atoms with E-state index < -0.39 is 10.0 Å². The Balaban J connectivity index is 1.61. The van der Waals surface area contributed by atoms with Gasteiger partial charge in [-0.15, -0.1) is 11.3 Å². The number of piperidine rings is 1. The quantitative estimate of drug-likeness (QED) is 0.781. The highest BCUT2D eigenvalue weighted by Gasteiger charge is 2.32. The Morgan fingerprint density at radius 3 is 2.60 bits per heavy atom. The third-order valence-electron chi connectivity index (χ3n) is 4.30. The summed E-state index contributed by atoms with van der Waals surface area (Å²) in [5.41, 5.74) is 1.85. The normalized spacial score (nSPS) is 16.7. The minimum absolute atomic E-state index is 0.0577. The summed E-state index contributed by atoms with van der Waals surface area (Å²) in [7, 11) is -3.43. The second-order valence-electron chi connectivity index (χ2n) is 6.08. The zero-order valence-corrected chi connectivity index (χ0v) is 17.0. The lowest BCUT2D eigenvalue weighted by Gasteiger charge is -2.30. The van der Waals surface area contributed by atoms with Crippen molar-refractivity contribution in [1.82, 2.24) is 4.31 Å². The molecule has 0 bridgehead atoms. The van der Waals surface area contributed by atoms with Gasteiger partial charge < -0.3 is 5.32 Å². The standard InChI is InChI=1S/C17H19BrN2O3S2/c1-12-4-5-15(14(18)11-12)19-17(21)13-6-8-20(9-7-13)25(22,23)16-3-2-10-24-16/h2-5,10-11,13H,6-9H2,1H3,(H,19,21). The smallest absolute Gasteiger partial charge is 0.252 e. The summed E-state index contributed by atoms with van der Waals surface area (Å²) < 4.78 is 27.7. The van der Waals surface area contributed by atoms with E-state index in [2.05, 4.69) is 21.2 Å². The minimum Gasteiger partial charge on any atom is -0.325 e. The number of carbonyl (C=O) groups is 1. The summed E-state index contributed by atoms with van der Waals surface area (Å²) in [6.07, 6.45) is 1.06. The van der Waals surface area contributed by atoms with Crippen LogP contribution in [0.25, 0.3) is 0 Å². The van der Waals surface area contributed by atoms with Crippen molar-refractivity contribution in [3.05, 3.63) is 45.7 Å². The van der Waals surface area contributed by atoms with Gasteiger partial charge in [-0.25, -0.2) is 8.42 Å². The lowest BCUT2D eigenvalue weighted by Crippen LogP contribution is -2.41. The number of hydrogen-bond acceptors (Lipinski definition) is 4.